The number of hydrogen-bond acceptors (Lipinski definition) is 7. The lowest BCUT2D eigenvalue weighted by Gasteiger charge is -2.37. The zero-order valence-corrected chi connectivity index (χ0v) is 23.2. The second kappa shape index (κ2) is 11.3. The van der Waals surface area contributed by atoms with Crippen LogP contribution in [0.1, 0.15) is 70.4 Å². The van der Waals surface area contributed by atoms with Crippen LogP contribution < -0.4 is 19.5 Å². The van der Waals surface area contributed by atoms with Gasteiger partial charge >= 0.3 is 5.97 Å². The van der Waals surface area contributed by atoms with E-state index < -0.39 is 11.9 Å². The molecule has 0 amide bonds. The third-order valence-corrected chi connectivity index (χ3v) is 6.86. The van der Waals surface area contributed by atoms with Crippen molar-refractivity contribution >= 4 is 11.8 Å². The maximum atomic E-state index is 13.9. The molecule has 1 heterocycles. The molecule has 2 atom stereocenters. The van der Waals surface area contributed by atoms with E-state index in [1.54, 1.807) is 14.2 Å². The van der Waals surface area contributed by atoms with Gasteiger partial charge in [0.2, 0.25) is 0 Å². The summed E-state index contributed by atoms with van der Waals surface area (Å²) in [5.41, 5.74) is 4.32. The number of methoxy groups -OCH3 is 2. The van der Waals surface area contributed by atoms with Gasteiger partial charge in [-0.05, 0) is 70.7 Å². The first kappa shape index (κ1) is 27.3. The van der Waals surface area contributed by atoms with Crippen molar-refractivity contribution in [1.29, 1.82) is 0 Å². The smallest absolute Gasteiger partial charge is 0.337 e. The molecule has 0 spiro atoms. The molecule has 1 N–H and O–H groups in total. The molecule has 1 aliphatic heterocycles. The number of ether oxygens (including phenoxy) is 4. The van der Waals surface area contributed by atoms with Crippen molar-refractivity contribution in [3.63, 3.8) is 0 Å². The molecule has 7 heteroatoms. The minimum Gasteiger partial charge on any atom is -0.493 e. The first-order valence-corrected chi connectivity index (χ1v) is 13.1. The number of benzene rings is 2. The quantitative estimate of drug-likeness (QED) is 0.441. The van der Waals surface area contributed by atoms with Gasteiger partial charge in [-0.3, -0.25) is 4.79 Å². The fourth-order valence-corrected chi connectivity index (χ4v) is 5.32. The van der Waals surface area contributed by atoms with Gasteiger partial charge in [-0.1, -0.05) is 24.3 Å². The van der Waals surface area contributed by atoms with Gasteiger partial charge in [0.25, 0.3) is 0 Å². The highest BCUT2D eigenvalue weighted by Crippen LogP contribution is 2.48. The number of dihydropyridines is 1. The zero-order valence-electron chi connectivity index (χ0n) is 23.2. The summed E-state index contributed by atoms with van der Waals surface area (Å²) in [7, 11) is 3.20. The number of ketones is 1. The molecule has 0 aromatic heterocycles. The summed E-state index contributed by atoms with van der Waals surface area (Å²) in [6.45, 7) is 9.42. The van der Waals surface area contributed by atoms with Crippen LogP contribution in [0.15, 0.2) is 65.0 Å². The highest BCUT2D eigenvalue weighted by molar-refractivity contribution is 6.04. The number of allylic oxidation sites excluding steroid dienone is 3. The van der Waals surface area contributed by atoms with Gasteiger partial charge in [-0.25, -0.2) is 4.79 Å². The van der Waals surface area contributed by atoms with Crippen molar-refractivity contribution in [2.24, 2.45) is 0 Å². The number of carbonyl (C=O) groups excluding carboxylic acids is 2. The molecule has 2 aromatic carbocycles. The molecule has 0 radical (unpaired) electrons. The Kier molecular flexibility index (Phi) is 8.14. The van der Waals surface area contributed by atoms with Gasteiger partial charge in [0.1, 0.15) is 5.75 Å². The normalized spacial score (nSPS) is 19.3. The van der Waals surface area contributed by atoms with Crippen LogP contribution in [-0.2, 0) is 14.3 Å². The molecule has 1 aliphatic carbocycles. The third kappa shape index (κ3) is 5.42. The standard InChI is InChI=1S/C31H37NO6/c1-17(2)37-25-11-9-8-10-22(25)29-28(31(34)38-18(3)4)19(5)32-23-14-21(15-24(33)30(23)29)20-12-13-26(35-6)27(16-20)36-7/h8-13,16-18,21,29,32H,14-15H2,1-7H3. The number of para-hydroxylation sites is 1. The predicted octanol–water partition coefficient (Wildman–Crippen LogP) is 5.80. The zero-order chi connectivity index (χ0) is 27.6. The fourth-order valence-electron chi connectivity index (χ4n) is 5.32. The van der Waals surface area contributed by atoms with Crippen molar-refractivity contribution in [2.75, 3.05) is 14.2 Å². The van der Waals surface area contributed by atoms with Crippen LogP contribution in [0.25, 0.3) is 0 Å². The van der Waals surface area contributed by atoms with Gasteiger partial charge in [0.05, 0.1) is 37.9 Å². The van der Waals surface area contributed by atoms with Crippen molar-refractivity contribution in [3.8, 4) is 17.2 Å². The summed E-state index contributed by atoms with van der Waals surface area (Å²) in [4.78, 5) is 27.3. The maximum absolute atomic E-state index is 13.9. The Labute approximate surface area is 224 Å². The highest BCUT2D eigenvalue weighted by atomic mass is 16.5. The largest absolute Gasteiger partial charge is 0.493 e. The Morgan fingerprint density at radius 3 is 2.29 bits per heavy atom. The van der Waals surface area contributed by atoms with E-state index in [1.165, 1.54) is 0 Å². The summed E-state index contributed by atoms with van der Waals surface area (Å²) in [5, 5.41) is 3.40. The first-order chi connectivity index (χ1) is 18.1. The van der Waals surface area contributed by atoms with Crippen LogP contribution >= 0.6 is 0 Å². The third-order valence-electron chi connectivity index (χ3n) is 6.86. The molecule has 202 valence electrons. The first-order valence-electron chi connectivity index (χ1n) is 13.1. The van der Waals surface area contributed by atoms with E-state index in [4.69, 9.17) is 18.9 Å². The van der Waals surface area contributed by atoms with E-state index in [0.717, 1.165) is 16.8 Å². The lowest BCUT2D eigenvalue weighted by atomic mass is 9.71. The average Bonchev–Trinajstić information content (AvgIpc) is 2.86. The summed E-state index contributed by atoms with van der Waals surface area (Å²) in [6, 6.07) is 13.4. The Bertz CT molecular complexity index is 1290. The van der Waals surface area contributed by atoms with Crippen LogP contribution in [0.4, 0.5) is 0 Å². The second-order valence-electron chi connectivity index (χ2n) is 10.3. The molecule has 7 nitrogen and oxygen atoms in total. The molecule has 0 saturated carbocycles. The number of carbonyl (C=O) groups is 2. The minimum absolute atomic E-state index is 0.00904. The molecule has 0 bridgehead atoms. The summed E-state index contributed by atoms with van der Waals surface area (Å²) >= 11 is 0. The summed E-state index contributed by atoms with van der Waals surface area (Å²) in [5.74, 6) is 0.837. The van der Waals surface area contributed by atoms with Crippen LogP contribution in [0.3, 0.4) is 0 Å². The van der Waals surface area contributed by atoms with Crippen LogP contribution in [0, 0.1) is 0 Å². The Balaban J connectivity index is 1.82. The van der Waals surface area contributed by atoms with Gasteiger partial charge in [0.15, 0.2) is 17.3 Å². The van der Waals surface area contributed by atoms with E-state index >= 15 is 0 Å². The van der Waals surface area contributed by atoms with Crippen LogP contribution in [-0.4, -0.2) is 38.2 Å². The predicted molar refractivity (Wildman–Crippen MR) is 146 cm³/mol. The molecular weight excluding hydrogens is 482 g/mol. The van der Waals surface area contributed by atoms with E-state index in [0.29, 0.717) is 46.9 Å². The number of Topliss-reactive ketones (excluding diaryl/α,β-unsaturated/α-hetero) is 1. The molecule has 38 heavy (non-hydrogen) atoms. The Morgan fingerprint density at radius 2 is 1.63 bits per heavy atom. The summed E-state index contributed by atoms with van der Waals surface area (Å²) < 4.78 is 22.7. The molecule has 2 unspecified atom stereocenters. The lowest BCUT2D eigenvalue weighted by molar-refractivity contribution is -0.143. The maximum Gasteiger partial charge on any atom is 0.337 e. The minimum atomic E-state index is -0.591. The average molecular weight is 520 g/mol. The van der Waals surface area contributed by atoms with Crippen LogP contribution in [0.2, 0.25) is 0 Å². The molecule has 0 fully saturated rings. The molecule has 4 rings (SSSR count). The van der Waals surface area contributed by atoms with E-state index in [1.807, 2.05) is 77.1 Å². The van der Waals surface area contributed by atoms with E-state index in [9.17, 15) is 9.59 Å². The van der Waals surface area contributed by atoms with E-state index in [2.05, 4.69) is 5.32 Å². The molecular formula is C31H37NO6. The fraction of sp³-hybridized carbons (Fsp3) is 0.419. The van der Waals surface area contributed by atoms with E-state index in [-0.39, 0.29) is 23.9 Å². The Morgan fingerprint density at radius 1 is 0.921 bits per heavy atom. The van der Waals surface area contributed by atoms with Gasteiger partial charge < -0.3 is 24.3 Å². The monoisotopic (exact) mass is 519 g/mol. The second-order valence-corrected chi connectivity index (χ2v) is 10.3. The van der Waals surface area contributed by atoms with Gasteiger partial charge in [-0.15, -0.1) is 0 Å². The topological polar surface area (TPSA) is 83.1 Å². The number of rotatable bonds is 8. The lowest BCUT2D eigenvalue weighted by Crippen LogP contribution is -2.36. The Hall–Kier alpha value is -3.74. The summed E-state index contributed by atoms with van der Waals surface area (Å²) in [6.07, 6.45) is 0.562. The SMILES string of the molecule is COc1ccc(C2CC(=O)C3=C(C2)NC(C)=C(C(=O)OC(C)C)C3c2ccccc2OC(C)C)cc1OC. The molecule has 2 aliphatic rings. The van der Waals surface area contributed by atoms with Crippen molar-refractivity contribution in [3.05, 3.63) is 76.1 Å². The van der Waals surface area contributed by atoms with Gasteiger partial charge in [-0.2, -0.15) is 0 Å². The number of hydrogen-bond donors (Lipinski definition) is 1. The van der Waals surface area contributed by atoms with Crippen LogP contribution in [0.5, 0.6) is 17.2 Å². The molecule has 2 aromatic rings. The number of nitrogens with one attached hydrogen (secondary N) is 1. The van der Waals surface area contributed by atoms with Crippen molar-refractivity contribution in [1.82, 2.24) is 5.32 Å². The van der Waals surface area contributed by atoms with Crippen molar-refractivity contribution in [2.45, 2.75) is 71.5 Å². The molecule has 0 saturated heterocycles. The van der Waals surface area contributed by atoms with Crippen molar-refractivity contribution < 1.29 is 28.5 Å². The number of esters is 1. The van der Waals surface area contributed by atoms with Gasteiger partial charge in [0, 0.05) is 29.0 Å². The highest BCUT2D eigenvalue weighted by Gasteiger charge is 2.42.